The van der Waals surface area contributed by atoms with E-state index in [1.54, 1.807) is 0 Å². The Morgan fingerprint density at radius 2 is 0.900 bits per heavy atom. The number of hydrogen-bond donors (Lipinski definition) is 0. The van der Waals surface area contributed by atoms with E-state index in [1.165, 1.54) is 12.1 Å². The van der Waals surface area contributed by atoms with Gasteiger partial charge in [0.05, 0.1) is 0 Å². The maximum Gasteiger partial charge on any atom is 0.500 e. The number of hydrogen-bond acceptors (Lipinski definition) is 6. The fourth-order valence-corrected chi connectivity index (χ4v) is 22.1. The van der Waals surface area contributed by atoms with Crippen molar-refractivity contribution in [1.82, 2.24) is 0 Å². The molecule has 0 amide bonds. The summed E-state index contributed by atoms with van der Waals surface area (Å²) in [7, 11) is 0.155. The zero-order valence-electron chi connectivity index (χ0n) is 19.9. The van der Waals surface area contributed by atoms with Crippen LogP contribution in [0.25, 0.3) is 0 Å². The van der Waals surface area contributed by atoms with Crippen molar-refractivity contribution in [3.63, 3.8) is 0 Å². The van der Waals surface area contributed by atoms with E-state index in [9.17, 15) is 0 Å². The third-order valence-electron chi connectivity index (χ3n) is 4.35. The van der Waals surface area contributed by atoms with Crippen LogP contribution in [0.15, 0.2) is 0 Å². The van der Waals surface area contributed by atoms with Crippen LogP contribution in [0.2, 0.25) is 24.2 Å². The molecule has 0 bridgehead atoms. The molecule has 0 N–H and O–H groups in total. The lowest BCUT2D eigenvalue weighted by atomic mass is 10.6. The molecule has 0 rings (SSSR count). The van der Waals surface area contributed by atoms with Gasteiger partial charge in [0.2, 0.25) is 0 Å². The maximum absolute atomic E-state index is 6.01. The van der Waals surface area contributed by atoms with Gasteiger partial charge in [0.1, 0.15) is 0 Å². The van der Waals surface area contributed by atoms with Crippen LogP contribution in [0, 0.1) is 0 Å². The van der Waals surface area contributed by atoms with Gasteiger partial charge in [0.15, 0.2) is 0 Å². The summed E-state index contributed by atoms with van der Waals surface area (Å²) in [6, 6.07) is 4.38. The minimum atomic E-state index is -2.52. The van der Waals surface area contributed by atoms with E-state index in [0.29, 0.717) is 39.6 Å². The Morgan fingerprint density at radius 3 is 1.13 bits per heavy atom. The second-order valence-corrected chi connectivity index (χ2v) is 22.8. The molecule has 0 heterocycles. The topological polar surface area (TPSA) is 55.4 Å². The molecular weight excluding hydrogens is 481 g/mol. The summed E-state index contributed by atoms with van der Waals surface area (Å²) in [5, 5.41) is 0. The molecule has 6 nitrogen and oxygen atoms in total. The van der Waals surface area contributed by atoms with Crippen molar-refractivity contribution in [3.05, 3.63) is 0 Å². The van der Waals surface area contributed by atoms with Gasteiger partial charge in [-0.2, -0.15) is 0 Å². The Kier molecular flexibility index (Phi) is 20.2. The molecule has 0 aliphatic rings. The summed E-state index contributed by atoms with van der Waals surface area (Å²) in [5.41, 5.74) is 0. The van der Waals surface area contributed by atoms with Crippen LogP contribution in [0.3, 0.4) is 0 Å². The van der Waals surface area contributed by atoms with Crippen molar-refractivity contribution in [1.29, 1.82) is 0 Å². The lowest BCUT2D eigenvalue weighted by molar-refractivity contribution is 0.0705. The summed E-state index contributed by atoms with van der Waals surface area (Å²) in [4.78, 5) is 0. The molecule has 30 heavy (non-hydrogen) atoms. The summed E-state index contributed by atoms with van der Waals surface area (Å²) >= 11 is 0. The maximum atomic E-state index is 6.01. The van der Waals surface area contributed by atoms with Crippen molar-refractivity contribution < 1.29 is 26.6 Å². The molecule has 0 saturated heterocycles. The van der Waals surface area contributed by atoms with E-state index in [2.05, 4.69) is 9.76 Å². The van der Waals surface area contributed by atoms with Crippen LogP contribution in [0.4, 0.5) is 0 Å². The minimum Gasteiger partial charge on any atom is -0.374 e. The van der Waals surface area contributed by atoms with E-state index < -0.39 is 25.9 Å². The predicted octanol–water partition coefficient (Wildman–Crippen LogP) is 3.26. The van der Waals surface area contributed by atoms with Crippen LogP contribution >= 0.6 is 0 Å². The van der Waals surface area contributed by atoms with Gasteiger partial charge in [-0.3, -0.25) is 0 Å². The fraction of sp³-hybridized carbons (Fsp3) is 1.00. The molecule has 12 heteroatoms. The smallest absolute Gasteiger partial charge is 0.374 e. The fourth-order valence-electron chi connectivity index (χ4n) is 3.38. The highest BCUT2D eigenvalue weighted by atomic mass is 29.7. The molecule has 174 valence electrons. The first-order valence-electron chi connectivity index (χ1n) is 11.4. The second-order valence-electron chi connectivity index (χ2n) is 6.52. The molecule has 8 radical (unpaired) electrons. The van der Waals surface area contributed by atoms with Crippen LogP contribution in [-0.4, -0.2) is 92.4 Å². The highest BCUT2D eigenvalue weighted by molar-refractivity contribution is 7.45. The first kappa shape index (κ1) is 31.1. The van der Waals surface area contributed by atoms with Gasteiger partial charge in [-0.15, -0.1) is 0 Å². The molecular formula is C18H42O6Si6. The quantitative estimate of drug-likeness (QED) is 0.203. The zero-order valence-corrected chi connectivity index (χ0v) is 25.9. The van der Waals surface area contributed by atoms with Crippen LogP contribution in [0.1, 0.15) is 54.4 Å². The standard InChI is InChI=1S/C18H42O6Si6/c1-7-19-29(20-8-2,21-9-3)17-13-15-28(27-26-25)16-14-18-30(22-10-4,23-11-5)24-12-6/h7-18H2,1-6H3. The van der Waals surface area contributed by atoms with Crippen LogP contribution in [-0.2, 0) is 26.6 Å². The summed E-state index contributed by atoms with van der Waals surface area (Å²) < 4.78 is 36.1. The molecule has 0 spiro atoms. The van der Waals surface area contributed by atoms with Crippen molar-refractivity contribution in [2.45, 2.75) is 78.6 Å². The van der Waals surface area contributed by atoms with E-state index >= 15 is 0 Å². The Morgan fingerprint density at radius 1 is 0.600 bits per heavy atom. The molecule has 0 aromatic heterocycles. The first-order chi connectivity index (χ1) is 14.5. The lowest BCUT2D eigenvalue weighted by Crippen LogP contribution is -2.46. The van der Waals surface area contributed by atoms with E-state index in [-0.39, 0.29) is 0 Å². The largest absolute Gasteiger partial charge is 0.500 e. The molecule has 0 aliphatic carbocycles. The Hall–Kier alpha value is 1.06. The second kappa shape index (κ2) is 19.5. The van der Waals surface area contributed by atoms with Crippen molar-refractivity contribution >= 4 is 52.8 Å². The zero-order chi connectivity index (χ0) is 22.7. The minimum absolute atomic E-state index is 0.425. The van der Waals surface area contributed by atoms with Gasteiger partial charge in [-0.1, -0.05) is 24.9 Å². The summed E-state index contributed by atoms with van der Waals surface area (Å²) in [6.45, 7) is 16.0. The van der Waals surface area contributed by atoms with E-state index in [1.807, 2.05) is 41.5 Å². The molecule has 0 saturated carbocycles. The third kappa shape index (κ3) is 12.9. The Balaban J connectivity index is 4.77. The molecule has 0 atom stereocenters. The Labute approximate surface area is 197 Å². The average molecular weight is 523 g/mol. The SMILES string of the molecule is CCO[Si](CCC[Si](CCC[Si](OCC)(OCC)OCC)[Si][Si][Si])(OCC)OCC. The highest BCUT2D eigenvalue weighted by Gasteiger charge is 2.41. The molecule has 0 unspecified atom stereocenters. The van der Waals surface area contributed by atoms with Gasteiger partial charge < -0.3 is 26.6 Å². The molecule has 0 fully saturated rings. The lowest BCUT2D eigenvalue weighted by Gasteiger charge is -2.29. The van der Waals surface area contributed by atoms with Crippen molar-refractivity contribution in [2.75, 3.05) is 39.6 Å². The normalized spacial score (nSPS) is 12.8. The van der Waals surface area contributed by atoms with Gasteiger partial charge in [0.25, 0.3) is 0 Å². The van der Waals surface area contributed by atoms with Crippen molar-refractivity contribution in [3.8, 4) is 0 Å². The summed E-state index contributed by atoms with van der Waals surface area (Å²) in [6.07, 6.45) is 2.24. The van der Waals surface area contributed by atoms with Crippen LogP contribution in [0.5, 0.6) is 0 Å². The molecule has 0 aliphatic heterocycles. The van der Waals surface area contributed by atoms with E-state index in [4.69, 9.17) is 26.6 Å². The molecule has 0 aromatic carbocycles. The average Bonchev–Trinajstić information content (AvgIpc) is 2.69. The Bertz CT molecular complexity index is 330. The van der Waals surface area contributed by atoms with Gasteiger partial charge in [-0.05, 0) is 41.5 Å². The predicted molar refractivity (Wildman–Crippen MR) is 133 cm³/mol. The van der Waals surface area contributed by atoms with Gasteiger partial charge in [0, 0.05) is 86.9 Å². The van der Waals surface area contributed by atoms with Gasteiger partial charge in [-0.25, -0.2) is 0 Å². The highest BCUT2D eigenvalue weighted by Crippen LogP contribution is 2.23. The van der Waals surface area contributed by atoms with Gasteiger partial charge >= 0.3 is 17.6 Å². The van der Waals surface area contributed by atoms with E-state index in [0.717, 1.165) is 42.0 Å². The number of rotatable bonds is 22. The summed E-state index contributed by atoms with van der Waals surface area (Å²) in [5.74, 6) is 0. The molecule has 0 aromatic rings. The monoisotopic (exact) mass is 522 g/mol. The van der Waals surface area contributed by atoms with Crippen LogP contribution < -0.4 is 0 Å². The third-order valence-corrected chi connectivity index (χ3v) is 23.7. The van der Waals surface area contributed by atoms with Crippen molar-refractivity contribution in [2.24, 2.45) is 0 Å². The first-order valence-corrected chi connectivity index (χ1v) is 22.6.